The number of fused-ring (bicyclic) bond motifs is 3. The van der Waals surface area contributed by atoms with Gasteiger partial charge in [0.25, 0.3) is 5.56 Å². The Balaban J connectivity index is 1.98. The second-order valence-corrected chi connectivity index (χ2v) is 7.37. The van der Waals surface area contributed by atoms with Crippen LogP contribution in [-0.2, 0) is 20.1 Å². The molecule has 1 aliphatic rings. The van der Waals surface area contributed by atoms with Crippen LogP contribution in [0, 0.1) is 13.8 Å². The quantitative estimate of drug-likeness (QED) is 0.718. The van der Waals surface area contributed by atoms with Crippen LogP contribution in [0.25, 0.3) is 11.2 Å². The van der Waals surface area contributed by atoms with Gasteiger partial charge in [0.05, 0.1) is 13.1 Å². The fourth-order valence-corrected chi connectivity index (χ4v) is 3.91. The molecule has 0 amide bonds. The average Bonchev–Trinajstić information content (AvgIpc) is 3.05. The predicted molar refractivity (Wildman–Crippen MR) is 106 cm³/mol. The number of aromatic amines is 1. The van der Waals surface area contributed by atoms with Crippen LogP contribution < -0.4 is 20.7 Å². The molecule has 3 heterocycles. The number of rotatable bonds is 3. The van der Waals surface area contributed by atoms with E-state index >= 15 is 0 Å². The first kappa shape index (κ1) is 17.6. The van der Waals surface area contributed by atoms with Crippen LogP contribution in [-0.4, -0.2) is 20.7 Å². The summed E-state index contributed by atoms with van der Waals surface area (Å²) in [5.74, 6) is 0.862. The molecule has 0 radical (unpaired) electrons. The van der Waals surface area contributed by atoms with Crippen molar-refractivity contribution in [1.82, 2.24) is 14.1 Å². The van der Waals surface area contributed by atoms with Crippen LogP contribution >= 0.6 is 0 Å². The van der Waals surface area contributed by atoms with Crippen molar-refractivity contribution in [2.75, 3.05) is 11.4 Å². The maximum atomic E-state index is 13.1. The van der Waals surface area contributed by atoms with Crippen molar-refractivity contribution >= 4 is 22.8 Å². The Labute approximate surface area is 157 Å². The molecule has 3 aromatic rings. The number of anilines is 2. The number of nitrogens with one attached hydrogen (secondary N) is 1. The normalized spacial score (nSPS) is 14.0. The zero-order valence-electron chi connectivity index (χ0n) is 16.4. The summed E-state index contributed by atoms with van der Waals surface area (Å²) in [5, 5.41) is 0. The third-order valence-corrected chi connectivity index (χ3v) is 5.55. The largest absolute Gasteiger partial charge is 0.364 e. The summed E-state index contributed by atoms with van der Waals surface area (Å²) in [7, 11) is 1.72. The molecule has 0 spiro atoms. The second-order valence-electron chi connectivity index (χ2n) is 7.37. The Kier molecular flexibility index (Phi) is 4.17. The average molecular weight is 368 g/mol. The first-order valence-electron chi connectivity index (χ1n) is 9.54. The number of hydrogen-bond donors (Lipinski definition) is 1. The maximum absolute atomic E-state index is 13.1. The van der Waals surface area contributed by atoms with Gasteiger partial charge in [0, 0.05) is 20.0 Å². The van der Waals surface area contributed by atoms with Crippen molar-refractivity contribution < 1.29 is 4.57 Å². The first-order valence-corrected chi connectivity index (χ1v) is 9.54. The van der Waals surface area contributed by atoms with Crippen molar-refractivity contribution in [1.29, 1.82) is 0 Å². The molecule has 142 valence electrons. The summed E-state index contributed by atoms with van der Waals surface area (Å²) < 4.78 is 4.93. The molecule has 4 rings (SSSR count). The zero-order chi connectivity index (χ0) is 19.3. The van der Waals surface area contributed by atoms with E-state index in [4.69, 9.17) is 0 Å². The van der Waals surface area contributed by atoms with E-state index in [1.165, 1.54) is 15.7 Å². The Morgan fingerprint density at radius 2 is 1.96 bits per heavy atom. The summed E-state index contributed by atoms with van der Waals surface area (Å²) in [6.07, 6.45) is 1.68. The first-order chi connectivity index (χ1) is 12.9. The summed E-state index contributed by atoms with van der Waals surface area (Å²) in [5.41, 5.74) is 4.27. The van der Waals surface area contributed by atoms with Crippen LogP contribution in [0.1, 0.15) is 30.9 Å². The van der Waals surface area contributed by atoms with E-state index in [9.17, 15) is 9.59 Å². The Hall–Kier alpha value is -2.83. The minimum atomic E-state index is -0.272. The van der Waals surface area contributed by atoms with Gasteiger partial charge >= 0.3 is 11.6 Å². The van der Waals surface area contributed by atoms with Crippen LogP contribution in [0.15, 0.2) is 27.8 Å². The lowest BCUT2D eigenvalue weighted by atomic mass is 10.1. The highest BCUT2D eigenvalue weighted by Gasteiger charge is 2.33. The molecular weight excluding hydrogens is 342 g/mol. The highest BCUT2D eigenvalue weighted by molar-refractivity contribution is 5.70. The Morgan fingerprint density at radius 3 is 2.67 bits per heavy atom. The van der Waals surface area contributed by atoms with E-state index in [1.807, 2.05) is 11.5 Å². The number of H-pyrrole nitrogens is 1. The molecule has 0 saturated heterocycles. The molecule has 2 aromatic heterocycles. The lowest BCUT2D eigenvalue weighted by Crippen LogP contribution is -2.49. The smallest absolute Gasteiger partial charge is 0.267 e. The van der Waals surface area contributed by atoms with Crippen LogP contribution in [0.2, 0.25) is 0 Å². The van der Waals surface area contributed by atoms with Gasteiger partial charge in [-0.15, -0.1) is 0 Å². The molecule has 0 unspecified atom stereocenters. The van der Waals surface area contributed by atoms with E-state index in [-0.39, 0.29) is 11.2 Å². The molecule has 1 N–H and O–H groups in total. The lowest BCUT2D eigenvalue weighted by molar-refractivity contribution is -0.663. The van der Waals surface area contributed by atoms with Crippen molar-refractivity contribution in [3.05, 3.63) is 50.2 Å². The lowest BCUT2D eigenvalue weighted by Gasteiger charge is -2.22. The third kappa shape index (κ3) is 2.60. The number of hydrogen-bond acceptors (Lipinski definition) is 3. The van der Waals surface area contributed by atoms with E-state index in [2.05, 4.69) is 41.9 Å². The number of aryl methyl sites for hydroxylation is 4. The number of aromatic nitrogens is 4. The highest BCUT2D eigenvalue weighted by Crippen LogP contribution is 2.27. The summed E-state index contributed by atoms with van der Waals surface area (Å²) >= 11 is 0. The zero-order valence-corrected chi connectivity index (χ0v) is 16.4. The topological polar surface area (TPSA) is 66.9 Å². The predicted octanol–water partition coefficient (Wildman–Crippen LogP) is 1.88. The van der Waals surface area contributed by atoms with Gasteiger partial charge < -0.3 is 0 Å². The van der Waals surface area contributed by atoms with Gasteiger partial charge in [-0.25, -0.2) is 19.2 Å². The maximum Gasteiger partial charge on any atom is 0.364 e. The minimum Gasteiger partial charge on any atom is -0.267 e. The number of nitrogens with zero attached hydrogens (tertiary/aromatic N) is 4. The van der Waals surface area contributed by atoms with Crippen LogP contribution in [0.4, 0.5) is 11.6 Å². The molecule has 1 aromatic carbocycles. The van der Waals surface area contributed by atoms with Gasteiger partial charge in [-0.05, 0) is 43.5 Å². The van der Waals surface area contributed by atoms with Crippen molar-refractivity contribution in [3.8, 4) is 0 Å². The fraction of sp³-hybridized carbons (Fsp3) is 0.450. The summed E-state index contributed by atoms with van der Waals surface area (Å²) in [6.45, 7) is 8.24. The molecular formula is C20H26N5O2+. The van der Waals surface area contributed by atoms with Crippen molar-refractivity contribution in [2.45, 2.75) is 46.7 Å². The monoisotopic (exact) mass is 368 g/mol. The fourth-order valence-electron chi connectivity index (χ4n) is 3.91. The summed E-state index contributed by atoms with van der Waals surface area (Å²) in [6, 6.07) is 6.40. The summed E-state index contributed by atoms with van der Waals surface area (Å²) in [4.78, 5) is 31.2. The van der Waals surface area contributed by atoms with Crippen LogP contribution in [0.5, 0.6) is 0 Å². The van der Waals surface area contributed by atoms with Crippen LogP contribution in [0.3, 0.4) is 0 Å². The molecule has 0 aliphatic carbocycles. The minimum absolute atomic E-state index is 0.209. The van der Waals surface area contributed by atoms with Crippen molar-refractivity contribution in [3.63, 3.8) is 0 Å². The molecule has 27 heavy (non-hydrogen) atoms. The standard InChI is InChI=1S/C20H25N5O2/c1-5-9-25-18(26)16-17(22(4)20(25)27)21-19-23(10-6-11-24(16)19)15-8-7-13(2)14(3)12-15/h7-8,12H,5-6,9-11H2,1-4H3/p+1. The Morgan fingerprint density at radius 1 is 1.19 bits per heavy atom. The molecule has 0 saturated carbocycles. The number of benzene rings is 1. The molecule has 7 heteroatoms. The third-order valence-electron chi connectivity index (χ3n) is 5.55. The molecule has 0 atom stereocenters. The van der Waals surface area contributed by atoms with Gasteiger partial charge in [-0.2, -0.15) is 0 Å². The molecule has 0 fully saturated rings. The van der Waals surface area contributed by atoms with E-state index in [0.717, 1.165) is 37.6 Å². The van der Waals surface area contributed by atoms with Gasteiger partial charge in [-0.3, -0.25) is 13.9 Å². The highest BCUT2D eigenvalue weighted by atomic mass is 16.2. The molecule has 7 nitrogen and oxygen atoms in total. The molecule has 1 aliphatic heterocycles. The van der Waals surface area contributed by atoms with Gasteiger partial charge in [0.2, 0.25) is 11.2 Å². The van der Waals surface area contributed by atoms with E-state index in [0.29, 0.717) is 17.7 Å². The SMILES string of the molecule is CCCn1c(=O)c2c([nH]c3[n+]2CCCN3c2ccc(C)c(C)c2)n(C)c1=O. The Bertz CT molecular complexity index is 1150. The van der Waals surface area contributed by atoms with Gasteiger partial charge in [0.15, 0.2) is 0 Å². The molecule has 0 bridgehead atoms. The van der Waals surface area contributed by atoms with E-state index in [1.54, 1.807) is 11.6 Å². The van der Waals surface area contributed by atoms with Gasteiger partial charge in [0.1, 0.15) is 5.69 Å². The second kappa shape index (κ2) is 6.40. The van der Waals surface area contributed by atoms with Crippen molar-refractivity contribution in [2.24, 2.45) is 7.05 Å². The number of imidazole rings is 1. The van der Waals surface area contributed by atoms with E-state index < -0.39 is 0 Å². The van der Waals surface area contributed by atoms with Gasteiger partial charge in [-0.1, -0.05) is 13.0 Å².